The average Bonchev–Trinajstić information content (AvgIpc) is 2.64. The van der Waals surface area contributed by atoms with Crippen molar-refractivity contribution in [3.05, 3.63) is 35.9 Å². The van der Waals surface area contributed by atoms with Gasteiger partial charge in [0.25, 0.3) is 0 Å². The average molecular weight is 342 g/mol. The highest BCUT2D eigenvalue weighted by Crippen LogP contribution is 2.37. The Morgan fingerprint density at radius 3 is 2.04 bits per heavy atom. The third kappa shape index (κ3) is 6.44. The molecule has 2 bridgehead atoms. The highest BCUT2D eigenvalue weighted by Gasteiger charge is 2.37. The van der Waals surface area contributed by atoms with E-state index in [2.05, 4.69) is 35.6 Å². The number of aryl methyl sites for hydroxylation is 1. The van der Waals surface area contributed by atoms with Crippen LogP contribution in [0, 0.1) is 0 Å². The first kappa shape index (κ1) is 19.0. The molecule has 0 atom stereocenters. The Hall–Kier alpha value is -0.820. The summed E-state index contributed by atoms with van der Waals surface area (Å²) in [6, 6.07) is 11.8. The molecule has 1 nitrogen and oxygen atoms in total. The Bertz CT molecular complexity index is 456. The SMILES string of the molecule is c1ccc(CCCCCCCCCCC23CCCC(CCC2)N3)cc1. The molecule has 0 saturated carbocycles. The van der Waals surface area contributed by atoms with E-state index in [9.17, 15) is 0 Å². The summed E-state index contributed by atoms with van der Waals surface area (Å²) < 4.78 is 0. The van der Waals surface area contributed by atoms with Gasteiger partial charge < -0.3 is 5.32 Å². The van der Waals surface area contributed by atoms with Crippen LogP contribution in [-0.2, 0) is 6.42 Å². The van der Waals surface area contributed by atoms with Crippen LogP contribution in [0.1, 0.15) is 102 Å². The summed E-state index contributed by atoms with van der Waals surface area (Å²) in [4.78, 5) is 0. The van der Waals surface area contributed by atoms with E-state index in [0.29, 0.717) is 5.54 Å². The minimum absolute atomic E-state index is 0.554. The third-order valence-corrected chi connectivity index (χ3v) is 6.64. The molecular formula is C24H39N. The van der Waals surface area contributed by atoms with Gasteiger partial charge in [-0.3, -0.25) is 0 Å². The maximum absolute atomic E-state index is 4.01. The first-order valence-electron chi connectivity index (χ1n) is 11.2. The molecule has 0 aromatic heterocycles. The molecule has 2 aliphatic heterocycles. The van der Waals surface area contributed by atoms with E-state index in [4.69, 9.17) is 0 Å². The number of benzene rings is 1. The third-order valence-electron chi connectivity index (χ3n) is 6.64. The zero-order chi connectivity index (χ0) is 17.2. The van der Waals surface area contributed by atoms with E-state index in [1.807, 2.05) is 0 Å². The molecule has 1 aromatic carbocycles. The van der Waals surface area contributed by atoms with E-state index < -0.39 is 0 Å². The molecule has 1 N–H and O–H groups in total. The van der Waals surface area contributed by atoms with Crippen molar-refractivity contribution in [2.24, 2.45) is 0 Å². The van der Waals surface area contributed by atoms with Gasteiger partial charge in [0.15, 0.2) is 0 Å². The van der Waals surface area contributed by atoms with Crippen LogP contribution in [0.5, 0.6) is 0 Å². The second-order valence-electron chi connectivity index (χ2n) is 8.72. The summed E-state index contributed by atoms with van der Waals surface area (Å²) in [5, 5.41) is 4.01. The molecule has 0 amide bonds. The minimum Gasteiger partial charge on any atom is -0.308 e. The van der Waals surface area contributed by atoms with Gasteiger partial charge in [-0.05, 0) is 50.5 Å². The van der Waals surface area contributed by atoms with Crippen LogP contribution in [0.4, 0.5) is 0 Å². The quantitative estimate of drug-likeness (QED) is 0.436. The number of hydrogen-bond donors (Lipinski definition) is 1. The van der Waals surface area contributed by atoms with E-state index in [0.717, 1.165) is 6.04 Å². The monoisotopic (exact) mass is 341 g/mol. The number of piperidine rings is 2. The van der Waals surface area contributed by atoms with Crippen LogP contribution in [0.15, 0.2) is 30.3 Å². The molecule has 0 unspecified atom stereocenters. The predicted octanol–water partition coefficient (Wildman–Crippen LogP) is 6.80. The van der Waals surface area contributed by atoms with Crippen LogP contribution in [0.25, 0.3) is 0 Å². The summed E-state index contributed by atoms with van der Waals surface area (Å²) in [7, 11) is 0. The Labute approximate surface area is 156 Å². The van der Waals surface area contributed by atoms with Gasteiger partial charge in [-0.15, -0.1) is 0 Å². The molecule has 3 rings (SSSR count). The molecule has 25 heavy (non-hydrogen) atoms. The highest BCUT2D eigenvalue weighted by molar-refractivity contribution is 5.14. The largest absolute Gasteiger partial charge is 0.308 e. The Morgan fingerprint density at radius 2 is 1.36 bits per heavy atom. The number of unbranched alkanes of at least 4 members (excludes halogenated alkanes) is 7. The molecule has 0 spiro atoms. The maximum Gasteiger partial charge on any atom is 0.0184 e. The van der Waals surface area contributed by atoms with Gasteiger partial charge >= 0.3 is 0 Å². The lowest BCUT2D eigenvalue weighted by molar-refractivity contribution is 0.128. The normalized spacial score (nSPS) is 25.8. The zero-order valence-corrected chi connectivity index (χ0v) is 16.3. The van der Waals surface area contributed by atoms with Crippen molar-refractivity contribution in [3.63, 3.8) is 0 Å². The van der Waals surface area contributed by atoms with Crippen LogP contribution in [0.3, 0.4) is 0 Å². The van der Waals surface area contributed by atoms with Gasteiger partial charge in [0.05, 0.1) is 0 Å². The zero-order valence-electron chi connectivity index (χ0n) is 16.3. The topological polar surface area (TPSA) is 12.0 Å². The number of nitrogens with one attached hydrogen (secondary N) is 1. The van der Waals surface area contributed by atoms with Crippen molar-refractivity contribution in [2.75, 3.05) is 0 Å². The predicted molar refractivity (Wildman–Crippen MR) is 109 cm³/mol. The van der Waals surface area contributed by atoms with Crippen LogP contribution < -0.4 is 5.32 Å². The van der Waals surface area contributed by atoms with Crippen LogP contribution in [-0.4, -0.2) is 11.6 Å². The molecule has 2 aliphatic rings. The summed E-state index contributed by atoms with van der Waals surface area (Å²) in [6.07, 6.45) is 22.9. The molecule has 1 heteroatoms. The van der Waals surface area contributed by atoms with E-state index in [-0.39, 0.29) is 0 Å². The first-order chi connectivity index (χ1) is 12.4. The van der Waals surface area contributed by atoms with Crippen molar-refractivity contribution in [3.8, 4) is 0 Å². The van der Waals surface area contributed by atoms with Crippen LogP contribution >= 0.6 is 0 Å². The summed E-state index contributed by atoms with van der Waals surface area (Å²) in [5.74, 6) is 0. The van der Waals surface area contributed by atoms with Crippen LogP contribution in [0.2, 0.25) is 0 Å². The van der Waals surface area contributed by atoms with Crippen molar-refractivity contribution in [2.45, 2.75) is 114 Å². The fraction of sp³-hybridized carbons (Fsp3) is 0.750. The number of hydrogen-bond acceptors (Lipinski definition) is 1. The standard InChI is InChI=1S/C24H39N/c1(3-5-8-14-22-15-9-7-10-16-22)2-4-6-11-19-24-20-12-17-23(25-24)18-13-21-24/h7,9-10,15-16,23,25H,1-6,8,11-14,17-21H2. The lowest BCUT2D eigenvalue weighted by Crippen LogP contribution is -2.56. The molecule has 140 valence electrons. The Morgan fingerprint density at radius 1 is 0.760 bits per heavy atom. The molecular weight excluding hydrogens is 302 g/mol. The Kier molecular flexibility index (Phi) is 7.85. The van der Waals surface area contributed by atoms with Gasteiger partial charge in [-0.25, -0.2) is 0 Å². The van der Waals surface area contributed by atoms with E-state index in [1.165, 1.54) is 108 Å². The summed E-state index contributed by atoms with van der Waals surface area (Å²) >= 11 is 0. The highest BCUT2D eigenvalue weighted by atomic mass is 15.0. The van der Waals surface area contributed by atoms with Crippen molar-refractivity contribution in [1.82, 2.24) is 5.32 Å². The molecule has 0 radical (unpaired) electrons. The molecule has 2 saturated heterocycles. The number of fused-ring (bicyclic) bond motifs is 2. The molecule has 2 heterocycles. The molecule has 0 aliphatic carbocycles. The second kappa shape index (κ2) is 10.4. The van der Waals surface area contributed by atoms with Crippen molar-refractivity contribution < 1.29 is 0 Å². The van der Waals surface area contributed by atoms with Crippen molar-refractivity contribution >= 4 is 0 Å². The molecule has 1 aromatic rings. The fourth-order valence-corrected chi connectivity index (χ4v) is 5.18. The van der Waals surface area contributed by atoms with Gasteiger partial charge in [0.2, 0.25) is 0 Å². The van der Waals surface area contributed by atoms with E-state index >= 15 is 0 Å². The lowest BCUT2D eigenvalue weighted by atomic mass is 9.74. The first-order valence-corrected chi connectivity index (χ1v) is 11.2. The lowest BCUT2D eigenvalue weighted by Gasteiger charge is -2.47. The molecule has 2 fully saturated rings. The van der Waals surface area contributed by atoms with Gasteiger partial charge in [-0.2, -0.15) is 0 Å². The summed E-state index contributed by atoms with van der Waals surface area (Å²) in [5.41, 5.74) is 2.06. The minimum atomic E-state index is 0.554. The maximum atomic E-state index is 4.01. The Balaban J connectivity index is 1.15. The summed E-state index contributed by atoms with van der Waals surface area (Å²) in [6.45, 7) is 0. The second-order valence-corrected chi connectivity index (χ2v) is 8.72. The van der Waals surface area contributed by atoms with Gasteiger partial charge in [0.1, 0.15) is 0 Å². The number of rotatable bonds is 11. The van der Waals surface area contributed by atoms with Crippen molar-refractivity contribution in [1.29, 1.82) is 0 Å². The smallest absolute Gasteiger partial charge is 0.0184 e. The van der Waals surface area contributed by atoms with Gasteiger partial charge in [-0.1, -0.05) is 88.1 Å². The fourth-order valence-electron chi connectivity index (χ4n) is 5.18. The van der Waals surface area contributed by atoms with Gasteiger partial charge in [0, 0.05) is 11.6 Å². The van der Waals surface area contributed by atoms with E-state index in [1.54, 1.807) is 0 Å².